The SMILES string of the molecule is Cc1ccccc1C(=O)NNC(=O)CN(C)S(=O)(=O)c1ccc(F)cc1. The Labute approximate surface area is 150 Å². The van der Waals surface area contributed by atoms with E-state index < -0.39 is 34.2 Å². The van der Waals surface area contributed by atoms with Crippen LogP contribution >= 0.6 is 0 Å². The molecule has 9 heteroatoms. The van der Waals surface area contributed by atoms with Gasteiger partial charge in [0.15, 0.2) is 0 Å². The van der Waals surface area contributed by atoms with E-state index >= 15 is 0 Å². The van der Waals surface area contributed by atoms with E-state index in [4.69, 9.17) is 0 Å². The molecule has 0 fully saturated rings. The second-order valence-electron chi connectivity index (χ2n) is 5.53. The molecule has 0 bridgehead atoms. The van der Waals surface area contributed by atoms with Gasteiger partial charge in [0, 0.05) is 12.6 Å². The molecule has 0 aliphatic rings. The molecule has 0 aromatic heterocycles. The van der Waals surface area contributed by atoms with Gasteiger partial charge in [0.25, 0.3) is 11.8 Å². The lowest BCUT2D eigenvalue weighted by molar-refractivity contribution is -0.121. The Kier molecular flexibility index (Phi) is 6.06. The lowest BCUT2D eigenvalue weighted by Crippen LogP contribution is -2.46. The number of nitrogens with one attached hydrogen (secondary N) is 2. The highest BCUT2D eigenvalue weighted by Crippen LogP contribution is 2.14. The Morgan fingerprint density at radius 3 is 2.27 bits per heavy atom. The number of amides is 2. The minimum Gasteiger partial charge on any atom is -0.272 e. The van der Waals surface area contributed by atoms with Crippen molar-refractivity contribution < 1.29 is 22.4 Å². The van der Waals surface area contributed by atoms with Gasteiger partial charge in [0.2, 0.25) is 10.0 Å². The largest absolute Gasteiger partial charge is 0.272 e. The summed E-state index contributed by atoms with van der Waals surface area (Å²) < 4.78 is 38.4. The predicted molar refractivity (Wildman–Crippen MR) is 93.0 cm³/mol. The Morgan fingerprint density at radius 1 is 1.04 bits per heavy atom. The first-order chi connectivity index (χ1) is 12.2. The van der Waals surface area contributed by atoms with E-state index in [9.17, 15) is 22.4 Å². The summed E-state index contributed by atoms with van der Waals surface area (Å²) in [7, 11) is -2.75. The van der Waals surface area contributed by atoms with Crippen LogP contribution in [0.25, 0.3) is 0 Å². The summed E-state index contributed by atoms with van der Waals surface area (Å²) >= 11 is 0. The van der Waals surface area contributed by atoms with Crippen molar-refractivity contribution in [2.75, 3.05) is 13.6 Å². The molecule has 2 aromatic carbocycles. The van der Waals surface area contributed by atoms with Gasteiger partial charge in [-0.05, 0) is 42.8 Å². The standard InChI is InChI=1S/C17H18FN3O4S/c1-12-5-3-4-6-15(12)17(23)20-19-16(22)11-21(2)26(24,25)14-9-7-13(18)8-10-14/h3-10H,11H2,1-2H3,(H,19,22)(H,20,23). The third kappa shape index (κ3) is 4.64. The van der Waals surface area contributed by atoms with Gasteiger partial charge in [-0.2, -0.15) is 4.31 Å². The van der Waals surface area contributed by atoms with Gasteiger partial charge < -0.3 is 0 Å². The zero-order valence-corrected chi connectivity index (χ0v) is 15.0. The maximum absolute atomic E-state index is 12.9. The molecule has 0 radical (unpaired) electrons. The number of benzene rings is 2. The number of hydrazine groups is 1. The first-order valence-corrected chi connectivity index (χ1v) is 9.02. The van der Waals surface area contributed by atoms with Gasteiger partial charge >= 0.3 is 0 Å². The van der Waals surface area contributed by atoms with Gasteiger partial charge in [-0.1, -0.05) is 18.2 Å². The highest BCUT2D eigenvalue weighted by atomic mass is 32.2. The fourth-order valence-electron chi connectivity index (χ4n) is 2.13. The van der Waals surface area contributed by atoms with Crippen LogP contribution in [0.5, 0.6) is 0 Å². The lowest BCUT2D eigenvalue weighted by atomic mass is 10.1. The number of halogens is 1. The number of hydrogen-bond donors (Lipinski definition) is 2. The van der Waals surface area contributed by atoms with E-state index in [2.05, 4.69) is 10.9 Å². The molecule has 0 aliphatic heterocycles. The summed E-state index contributed by atoms with van der Waals surface area (Å²) in [4.78, 5) is 23.8. The smallest absolute Gasteiger partial charge is 0.269 e. The van der Waals surface area contributed by atoms with Gasteiger partial charge in [0.1, 0.15) is 5.82 Å². The maximum Gasteiger partial charge on any atom is 0.269 e. The van der Waals surface area contributed by atoms with Crippen molar-refractivity contribution in [2.45, 2.75) is 11.8 Å². The van der Waals surface area contributed by atoms with E-state index in [1.165, 1.54) is 7.05 Å². The van der Waals surface area contributed by atoms with E-state index in [-0.39, 0.29) is 4.90 Å². The molecule has 0 unspecified atom stereocenters. The molecule has 0 heterocycles. The first-order valence-electron chi connectivity index (χ1n) is 7.58. The summed E-state index contributed by atoms with van der Waals surface area (Å²) in [6.07, 6.45) is 0. The normalized spacial score (nSPS) is 11.2. The number of nitrogens with zero attached hydrogens (tertiary/aromatic N) is 1. The third-order valence-corrected chi connectivity index (χ3v) is 5.41. The van der Waals surface area contributed by atoms with Gasteiger partial charge in [0.05, 0.1) is 11.4 Å². The second-order valence-corrected chi connectivity index (χ2v) is 7.58. The number of hydrogen-bond acceptors (Lipinski definition) is 4. The summed E-state index contributed by atoms with van der Waals surface area (Å²) in [6, 6.07) is 11.1. The lowest BCUT2D eigenvalue weighted by Gasteiger charge is -2.17. The summed E-state index contributed by atoms with van der Waals surface area (Å²) in [5.41, 5.74) is 5.52. The average molecular weight is 379 g/mol. The van der Waals surface area contributed by atoms with Crippen molar-refractivity contribution in [2.24, 2.45) is 0 Å². The molecule has 2 rings (SSSR count). The maximum atomic E-state index is 12.9. The molecular weight excluding hydrogens is 361 g/mol. The van der Waals surface area contributed by atoms with Crippen molar-refractivity contribution in [3.05, 3.63) is 65.5 Å². The molecular formula is C17H18FN3O4S. The van der Waals surface area contributed by atoms with Gasteiger partial charge in [-0.3, -0.25) is 20.4 Å². The summed E-state index contributed by atoms with van der Waals surface area (Å²) in [6.45, 7) is 1.23. The zero-order valence-electron chi connectivity index (χ0n) is 14.2. The van der Waals surface area contributed by atoms with Crippen LogP contribution in [-0.2, 0) is 14.8 Å². The monoisotopic (exact) mass is 379 g/mol. The number of likely N-dealkylation sites (N-methyl/N-ethyl adjacent to an activating group) is 1. The fourth-order valence-corrected chi connectivity index (χ4v) is 3.26. The number of carbonyl (C=O) groups excluding carboxylic acids is 2. The van der Waals surface area contributed by atoms with Gasteiger partial charge in [-0.25, -0.2) is 12.8 Å². The molecule has 0 atom stereocenters. The molecule has 0 saturated heterocycles. The highest BCUT2D eigenvalue weighted by molar-refractivity contribution is 7.89. The van der Waals surface area contributed by atoms with Crippen molar-refractivity contribution in [1.29, 1.82) is 0 Å². The quantitative estimate of drug-likeness (QED) is 0.764. The fraction of sp³-hybridized carbons (Fsp3) is 0.176. The van der Waals surface area contributed by atoms with E-state index in [0.717, 1.165) is 34.1 Å². The topological polar surface area (TPSA) is 95.6 Å². The van der Waals surface area contributed by atoms with Crippen LogP contribution in [0.2, 0.25) is 0 Å². The van der Waals surface area contributed by atoms with Crippen LogP contribution in [0.15, 0.2) is 53.4 Å². The average Bonchev–Trinajstić information content (AvgIpc) is 2.60. The highest BCUT2D eigenvalue weighted by Gasteiger charge is 2.23. The molecule has 2 amide bonds. The Hall–Kier alpha value is -2.78. The molecule has 0 aliphatic carbocycles. The Balaban J connectivity index is 1.95. The van der Waals surface area contributed by atoms with Crippen LogP contribution in [-0.4, -0.2) is 38.1 Å². The van der Waals surface area contributed by atoms with Crippen molar-refractivity contribution in [3.63, 3.8) is 0 Å². The number of aryl methyl sites for hydroxylation is 1. The summed E-state index contributed by atoms with van der Waals surface area (Å²) in [5, 5.41) is 0. The zero-order chi connectivity index (χ0) is 19.3. The molecule has 26 heavy (non-hydrogen) atoms. The molecule has 2 aromatic rings. The predicted octanol–water partition coefficient (Wildman–Crippen LogP) is 1.22. The molecule has 2 N–H and O–H groups in total. The first kappa shape index (κ1) is 19.5. The van der Waals surface area contributed by atoms with Crippen molar-refractivity contribution in [3.8, 4) is 0 Å². The summed E-state index contributed by atoms with van der Waals surface area (Å²) in [5.74, 6) is -1.80. The Bertz CT molecular complexity index is 914. The van der Waals surface area contributed by atoms with Crippen LogP contribution in [0.4, 0.5) is 4.39 Å². The number of sulfonamides is 1. The minimum atomic E-state index is -3.96. The van der Waals surface area contributed by atoms with Crippen LogP contribution in [0.3, 0.4) is 0 Å². The van der Waals surface area contributed by atoms with Crippen LogP contribution in [0, 0.1) is 12.7 Å². The van der Waals surface area contributed by atoms with Gasteiger partial charge in [-0.15, -0.1) is 0 Å². The van der Waals surface area contributed by atoms with E-state index in [0.29, 0.717) is 5.56 Å². The van der Waals surface area contributed by atoms with Crippen molar-refractivity contribution >= 4 is 21.8 Å². The second kappa shape index (κ2) is 8.07. The van der Waals surface area contributed by atoms with Crippen LogP contribution < -0.4 is 10.9 Å². The van der Waals surface area contributed by atoms with E-state index in [1.807, 2.05) is 0 Å². The van der Waals surface area contributed by atoms with Crippen molar-refractivity contribution in [1.82, 2.24) is 15.2 Å². The molecule has 7 nitrogen and oxygen atoms in total. The Morgan fingerprint density at radius 2 is 1.65 bits per heavy atom. The molecule has 0 spiro atoms. The molecule has 138 valence electrons. The molecule has 0 saturated carbocycles. The van der Waals surface area contributed by atoms with Crippen LogP contribution in [0.1, 0.15) is 15.9 Å². The number of carbonyl (C=O) groups is 2. The third-order valence-electron chi connectivity index (χ3n) is 3.59. The minimum absolute atomic E-state index is 0.141. The number of rotatable bonds is 5. The van der Waals surface area contributed by atoms with E-state index in [1.54, 1.807) is 31.2 Å².